The number of rotatable bonds is 5. The molecule has 0 aliphatic heterocycles. The van der Waals surface area contributed by atoms with Crippen LogP contribution in [0.25, 0.3) is 0 Å². The van der Waals surface area contributed by atoms with Gasteiger partial charge in [0, 0.05) is 23.1 Å². The molecule has 2 aromatic heterocycles. The molecule has 0 bridgehead atoms. The third kappa shape index (κ3) is 3.60. The summed E-state index contributed by atoms with van der Waals surface area (Å²) in [5.41, 5.74) is 1.19. The minimum atomic E-state index is 0.364. The van der Waals surface area contributed by atoms with Crippen LogP contribution in [0.15, 0.2) is 39.5 Å². The number of nitrogens with one attached hydrogen (secondary N) is 1. The highest BCUT2D eigenvalue weighted by atomic mass is 79.9. The van der Waals surface area contributed by atoms with E-state index < -0.39 is 0 Å². The Morgan fingerprint density at radius 3 is 3.00 bits per heavy atom. The van der Waals surface area contributed by atoms with Crippen molar-refractivity contribution < 1.29 is 4.42 Å². The second kappa shape index (κ2) is 6.05. The Kier molecular flexibility index (Phi) is 4.42. The molecule has 3 nitrogen and oxygen atoms in total. The van der Waals surface area contributed by atoms with Crippen molar-refractivity contribution in [1.82, 2.24) is 4.98 Å². The molecular weight excluding hydrogens is 292 g/mol. The maximum atomic E-state index is 5.32. The number of hydrogen-bond acceptors (Lipinski definition) is 3. The van der Waals surface area contributed by atoms with Crippen molar-refractivity contribution >= 4 is 21.7 Å². The van der Waals surface area contributed by atoms with Crippen LogP contribution >= 0.6 is 15.9 Å². The quantitative estimate of drug-likeness (QED) is 0.900. The van der Waals surface area contributed by atoms with Crippen LogP contribution in [0.5, 0.6) is 0 Å². The van der Waals surface area contributed by atoms with Gasteiger partial charge >= 0.3 is 0 Å². The molecule has 2 rings (SSSR count). The van der Waals surface area contributed by atoms with Crippen LogP contribution in [0.3, 0.4) is 0 Å². The van der Waals surface area contributed by atoms with Crippen LogP contribution in [-0.2, 0) is 6.42 Å². The summed E-state index contributed by atoms with van der Waals surface area (Å²) in [4.78, 5) is 4.34. The van der Waals surface area contributed by atoms with Gasteiger partial charge in [0.25, 0.3) is 0 Å². The largest absolute Gasteiger partial charge is 0.469 e. The smallest absolute Gasteiger partial charge is 0.126 e. The predicted molar refractivity (Wildman–Crippen MR) is 76.8 cm³/mol. The molecule has 1 N–H and O–H groups in total. The molecule has 1 unspecified atom stereocenters. The fourth-order valence-corrected chi connectivity index (χ4v) is 1.97. The van der Waals surface area contributed by atoms with Crippen molar-refractivity contribution in [2.24, 2.45) is 0 Å². The minimum Gasteiger partial charge on any atom is -0.469 e. The first kappa shape index (κ1) is 13.1. The van der Waals surface area contributed by atoms with Gasteiger partial charge < -0.3 is 9.73 Å². The molecule has 2 aromatic rings. The molecule has 0 radical (unpaired) electrons. The number of halogens is 1. The Morgan fingerprint density at radius 2 is 2.33 bits per heavy atom. The van der Waals surface area contributed by atoms with E-state index in [9.17, 15) is 0 Å². The van der Waals surface area contributed by atoms with Crippen molar-refractivity contribution in [1.29, 1.82) is 0 Å². The highest BCUT2D eigenvalue weighted by Gasteiger charge is 2.06. The molecular formula is C14H17BrN2O. The first-order chi connectivity index (χ1) is 8.65. The van der Waals surface area contributed by atoms with E-state index in [0.717, 1.165) is 28.9 Å². The Bertz CT molecular complexity index is 497. The fraction of sp³-hybridized carbons (Fsp3) is 0.357. The number of pyridine rings is 1. The SMILES string of the molecule is Cc1cc(NC(C)CCc2ccco2)ncc1Br. The summed E-state index contributed by atoms with van der Waals surface area (Å²) in [5.74, 6) is 1.95. The third-order valence-corrected chi connectivity index (χ3v) is 3.68. The molecule has 0 amide bonds. The van der Waals surface area contributed by atoms with Gasteiger partial charge in [0.05, 0.1) is 6.26 Å². The van der Waals surface area contributed by atoms with E-state index in [4.69, 9.17) is 4.42 Å². The Labute approximate surface area is 116 Å². The maximum absolute atomic E-state index is 5.32. The highest BCUT2D eigenvalue weighted by Crippen LogP contribution is 2.18. The second-order valence-corrected chi connectivity index (χ2v) is 5.34. The zero-order chi connectivity index (χ0) is 13.0. The van der Waals surface area contributed by atoms with Crippen molar-refractivity contribution in [2.75, 3.05) is 5.32 Å². The maximum Gasteiger partial charge on any atom is 0.126 e. The lowest BCUT2D eigenvalue weighted by atomic mass is 10.1. The van der Waals surface area contributed by atoms with E-state index in [0.29, 0.717) is 6.04 Å². The monoisotopic (exact) mass is 308 g/mol. The summed E-state index contributed by atoms with van der Waals surface area (Å²) in [6, 6.07) is 6.35. The summed E-state index contributed by atoms with van der Waals surface area (Å²) in [5, 5.41) is 3.40. The van der Waals surface area contributed by atoms with E-state index in [1.807, 2.05) is 24.4 Å². The van der Waals surface area contributed by atoms with E-state index in [2.05, 4.69) is 40.1 Å². The van der Waals surface area contributed by atoms with E-state index in [1.165, 1.54) is 5.56 Å². The number of aryl methyl sites for hydroxylation is 2. The molecule has 96 valence electrons. The Morgan fingerprint density at radius 1 is 1.50 bits per heavy atom. The van der Waals surface area contributed by atoms with Crippen molar-refractivity contribution in [3.8, 4) is 0 Å². The minimum absolute atomic E-state index is 0.364. The summed E-state index contributed by atoms with van der Waals surface area (Å²) >= 11 is 3.45. The zero-order valence-electron chi connectivity index (χ0n) is 10.6. The zero-order valence-corrected chi connectivity index (χ0v) is 12.2. The molecule has 2 heterocycles. The average molecular weight is 309 g/mol. The van der Waals surface area contributed by atoms with Gasteiger partial charge in [-0.25, -0.2) is 4.98 Å². The molecule has 0 fully saturated rings. The second-order valence-electron chi connectivity index (χ2n) is 4.48. The normalized spacial score (nSPS) is 12.4. The number of nitrogens with zero attached hydrogens (tertiary/aromatic N) is 1. The van der Waals surface area contributed by atoms with Gasteiger partial charge in [-0.1, -0.05) is 0 Å². The number of furan rings is 1. The van der Waals surface area contributed by atoms with Crippen LogP contribution in [0.1, 0.15) is 24.7 Å². The average Bonchev–Trinajstić information content (AvgIpc) is 2.84. The van der Waals surface area contributed by atoms with E-state index in [1.54, 1.807) is 6.26 Å². The van der Waals surface area contributed by atoms with Crippen molar-refractivity contribution in [3.63, 3.8) is 0 Å². The number of aromatic nitrogens is 1. The standard InChI is InChI=1S/C14H17BrN2O/c1-10-8-14(16-9-13(10)15)17-11(2)5-6-12-4-3-7-18-12/h3-4,7-9,11H,5-6H2,1-2H3,(H,16,17). The van der Waals surface area contributed by atoms with Crippen LogP contribution in [0.2, 0.25) is 0 Å². The van der Waals surface area contributed by atoms with E-state index in [-0.39, 0.29) is 0 Å². The van der Waals surface area contributed by atoms with Gasteiger partial charge in [0.2, 0.25) is 0 Å². The van der Waals surface area contributed by atoms with Crippen LogP contribution < -0.4 is 5.32 Å². The fourth-order valence-electron chi connectivity index (χ4n) is 1.76. The highest BCUT2D eigenvalue weighted by molar-refractivity contribution is 9.10. The van der Waals surface area contributed by atoms with Crippen LogP contribution in [-0.4, -0.2) is 11.0 Å². The summed E-state index contributed by atoms with van der Waals surface area (Å²) in [6.07, 6.45) is 5.50. The van der Waals surface area contributed by atoms with Gasteiger partial charge in [-0.15, -0.1) is 0 Å². The first-order valence-corrected chi connectivity index (χ1v) is 6.85. The summed E-state index contributed by atoms with van der Waals surface area (Å²) in [7, 11) is 0. The molecule has 0 saturated heterocycles. The molecule has 4 heteroatoms. The topological polar surface area (TPSA) is 38.1 Å². The Hall–Kier alpha value is -1.29. The summed E-state index contributed by atoms with van der Waals surface area (Å²) in [6.45, 7) is 4.21. The molecule has 0 aliphatic carbocycles. The number of anilines is 1. The predicted octanol–water partition coefficient (Wildman–Crippen LogP) is 4.18. The molecule has 0 spiro atoms. The van der Waals surface area contributed by atoms with Gasteiger partial charge in [0.15, 0.2) is 0 Å². The molecule has 0 saturated carbocycles. The van der Waals surface area contributed by atoms with Gasteiger partial charge in [-0.05, 0) is 60.0 Å². The molecule has 1 atom stereocenters. The lowest BCUT2D eigenvalue weighted by molar-refractivity contribution is 0.495. The van der Waals surface area contributed by atoms with Gasteiger partial charge in [0.1, 0.15) is 11.6 Å². The van der Waals surface area contributed by atoms with Gasteiger partial charge in [-0.3, -0.25) is 0 Å². The first-order valence-electron chi connectivity index (χ1n) is 6.06. The van der Waals surface area contributed by atoms with Crippen molar-refractivity contribution in [3.05, 3.63) is 46.5 Å². The van der Waals surface area contributed by atoms with Crippen LogP contribution in [0, 0.1) is 6.92 Å². The Balaban J connectivity index is 1.86. The lowest BCUT2D eigenvalue weighted by Crippen LogP contribution is -2.16. The van der Waals surface area contributed by atoms with Crippen molar-refractivity contribution in [2.45, 2.75) is 32.7 Å². The third-order valence-electron chi connectivity index (χ3n) is 2.85. The molecule has 0 aliphatic rings. The van der Waals surface area contributed by atoms with Gasteiger partial charge in [-0.2, -0.15) is 0 Å². The van der Waals surface area contributed by atoms with E-state index >= 15 is 0 Å². The summed E-state index contributed by atoms with van der Waals surface area (Å²) < 4.78 is 6.36. The lowest BCUT2D eigenvalue weighted by Gasteiger charge is -2.14. The molecule has 0 aromatic carbocycles. The molecule has 18 heavy (non-hydrogen) atoms. The number of hydrogen-bond donors (Lipinski definition) is 1. The van der Waals surface area contributed by atoms with Crippen LogP contribution in [0.4, 0.5) is 5.82 Å².